The third-order valence-corrected chi connectivity index (χ3v) is 2.36. The van der Waals surface area contributed by atoms with Crippen molar-refractivity contribution in [2.24, 2.45) is 0 Å². The molecule has 1 heterocycles. The molecule has 0 aromatic heterocycles. The van der Waals surface area contributed by atoms with E-state index in [1.807, 2.05) is 0 Å². The molecule has 4 nitrogen and oxygen atoms in total. The van der Waals surface area contributed by atoms with Crippen LogP contribution in [0.15, 0.2) is 18.2 Å². The highest BCUT2D eigenvalue weighted by Gasteiger charge is 2.32. The quantitative estimate of drug-likeness (QED) is 0.839. The summed E-state index contributed by atoms with van der Waals surface area (Å²) in [5.41, 5.74) is 1.02. The van der Waals surface area contributed by atoms with E-state index in [2.05, 4.69) is 10.1 Å². The predicted octanol–water partition coefficient (Wildman–Crippen LogP) is 2.01. The molecule has 0 aliphatic carbocycles. The number of ether oxygens (including phenoxy) is 1. The van der Waals surface area contributed by atoms with Crippen LogP contribution in [0.3, 0.4) is 0 Å². The lowest BCUT2D eigenvalue weighted by Gasteiger charge is -2.09. The van der Waals surface area contributed by atoms with Crippen LogP contribution in [-0.4, -0.2) is 23.5 Å². The van der Waals surface area contributed by atoms with E-state index in [4.69, 9.17) is 5.11 Å². The number of nitrogens with one attached hydrogen (secondary N) is 1. The van der Waals surface area contributed by atoms with Crippen LogP contribution in [0.1, 0.15) is 5.56 Å². The van der Waals surface area contributed by atoms with Gasteiger partial charge in [-0.1, -0.05) is 0 Å². The third-order valence-electron chi connectivity index (χ3n) is 2.36. The Kier molecular flexibility index (Phi) is 2.60. The average molecular weight is 247 g/mol. The molecule has 1 aromatic carbocycles. The summed E-state index contributed by atoms with van der Waals surface area (Å²) < 4.78 is 39.6. The number of alkyl halides is 3. The molecule has 1 aliphatic rings. The molecule has 1 aliphatic heterocycles. The van der Waals surface area contributed by atoms with Gasteiger partial charge in [-0.25, -0.2) is 4.79 Å². The Bertz CT molecular complexity index is 459. The van der Waals surface area contributed by atoms with E-state index in [9.17, 15) is 18.0 Å². The Morgan fingerprint density at radius 1 is 1.47 bits per heavy atom. The molecular formula is C10H8F3NO3. The van der Waals surface area contributed by atoms with Crippen LogP contribution >= 0.6 is 0 Å². The van der Waals surface area contributed by atoms with Gasteiger partial charge in [0.25, 0.3) is 0 Å². The maximum absolute atomic E-state index is 12.0. The van der Waals surface area contributed by atoms with E-state index in [1.54, 1.807) is 0 Å². The first-order chi connectivity index (χ1) is 7.85. The minimum Gasteiger partial charge on any atom is -0.480 e. The van der Waals surface area contributed by atoms with E-state index >= 15 is 0 Å². The summed E-state index contributed by atoms with van der Waals surface area (Å²) in [6.07, 6.45) is -4.60. The summed E-state index contributed by atoms with van der Waals surface area (Å²) in [5.74, 6) is -1.39. The van der Waals surface area contributed by atoms with Gasteiger partial charge in [-0.3, -0.25) is 0 Å². The normalized spacial score (nSPS) is 18.4. The minimum atomic E-state index is -4.74. The molecule has 0 saturated carbocycles. The molecule has 0 radical (unpaired) electrons. The fraction of sp³-hybridized carbons (Fsp3) is 0.300. The number of anilines is 1. The fourth-order valence-electron chi connectivity index (χ4n) is 1.68. The summed E-state index contributed by atoms with van der Waals surface area (Å²) in [6.45, 7) is 0. The van der Waals surface area contributed by atoms with Gasteiger partial charge in [0, 0.05) is 12.1 Å². The van der Waals surface area contributed by atoms with Gasteiger partial charge < -0.3 is 15.2 Å². The average Bonchev–Trinajstić information content (AvgIpc) is 2.57. The topological polar surface area (TPSA) is 58.6 Å². The number of carboxylic acid groups (broad SMARTS) is 1. The molecule has 1 unspecified atom stereocenters. The number of fused-ring (bicyclic) bond motifs is 1. The summed E-state index contributed by atoms with van der Waals surface area (Å²) in [5, 5.41) is 11.5. The largest absolute Gasteiger partial charge is 0.573 e. The lowest BCUT2D eigenvalue weighted by molar-refractivity contribution is -0.274. The van der Waals surface area contributed by atoms with Crippen molar-refractivity contribution in [3.05, 3.63) is 23.8 Å². The minimum absolute atomic E-state index is 0.139. The molecule has 0 fully saturated rings. The highest BCUT2D eigenvalue weighted by atomic mass is 19.4. The summed E-state index contributed by atoms with van der Waals surface area (Å²) in [6, 6.07) is 2.91. The molecule has 92 valence electrons. The Hall–Kier alpha value is -1.92. The first kappa shape index (κ1) is 11.6. The van der Waals surface area contributed by atoms with Crippen LogP contribution in [0.25, 0.3) is 0 Å². The zero-order chi connectivity index (χ0) is 12.6. The van der Waals surface area contributed by atoms with Gasteiger partial charge in [0.15, 0.2) is 0 Å². The van der Waals surface area contributed by atoms with Crippen molar-refractivity contribution in [3.63, 3.8) is 0 Å². The molecule has 0 saturated heterocycles. The number of carbonyl (C=O) groups is 1. The van der Waals surface area contributed by atoms with Gasteiger partial charge in [0.05, 0.1) is 0 Å². The highest BCUT2D eigenvalue weighted by molar-refractivity contribution is 5.81. The van der Waals surface area contributed by atoms with Crippen LogP contribution in [0.4, 0.5) is 18.9 Å². The van der Waals surface area contributed by atoms with Crippen molar-refractivity contribution in [1.29, 1.82) is 0 Å². The number of hydrogen-bond donors (Lipinski definition) is 2. The Morgan fingerprint density at radius 3 is 2.76 bits per heavy atom. The van der Waals surface area contributed by atoms with Crippen LogP contribution < -0.4 is 10.1 Å². The number of benzene rings is 1. The fourth-order valence-corrected chi connectivity index (χ4v) is 1.68. The molecule has 1 atom stereocenters. The monoisotopic (exact) mass is 247 g/mol. The number of rotatable bonds is 2. The van der Waals surface area contributed by atoms with Gasteiger partial charge in [-0.05, 0) is 23.8 Å². The summed E-state index contributed by atoms with van der Waals surface area (Å²) in [4.78, 5) is 10.7. The van der Waals surface area contributed by atoms with Gasteiger partial charge in [0.1, 0.15) is 11.8 Å². The second kappa shape index (κ2) is 3.83. The first-order valence-corrected chi connectivity index (χ1v) is 4.73. The van der Waals surface area contributed by atoms with Crippen LogP contribution in [-0.2, 0) is 11.2 Å². The van der Waals surface area contributed by atoms with Crippen LogP contribution in [0, 0.1) is 0 Å². The van der Waals surface area contributed by atoms with Crippen molar-refractivity contribution in [3.8, 4) is 5.75 Å². The standard InChI is InChI=1S/C10H8F3NO3/c11-10(12,13)17-6-1-2-7-5(3-6)4-8(14-7)9(15)16/h1-3,8,14H,4H2,(H,15,16). The van der Waals surface area contributed by atoms with Crippen molar-refractivity contribution < 1.29 is 27.8 Å². The number of carboxylic acids is 1. The molecule has 7 heteroatoms. The predicted molar refractivity (Wildman–Crippen MR) is 51.9 cm³/mol. The number of hydrogen-bond acceptors (Lipinski definition) is 3. The van der Waals surface area contributed by atoms with Crippen molar-refractivity contribution in [2.75, 3.05) is 5.32 Å². The zero-order valence-electron chi connectivity index (χ0n) is 8.41. The molecule has 0 amide bonds. The second-order valence-electron chi connectivity index (χ2n) is 3.61. The smallest absolute Gasteiger partial charge is 0.480 e. The Balaban J connectivity index is 2.18. The van der Waals surface area contributed by atoms with Gasteiger partial charge in [-0.2, -0.15) is 0 Å². The lowest BCUT2D eigenvalue weighted by atomic mass is 10.1. The van der Waals surface area contributed by atoms with E-state index < -0.39 is 18.4 Å². The third kappa shape index (κ3) is 2.61. The van der Waals surface area contributed by atoms with E-state index in [1.165, 1.54) is 12.1 Å². The van der Waals surface area contributed by atoms with Crippen LogP contribution in [0.2, 0.25) is 0 Å². The Morgan fingerprint density at radius 2 is 2.18 bits per heavy atom. The summed E-state index contributed by atoms with van der Waals surface area (Å²) in [7, 11) is 0. The Labute approximate surface area is 94.0 Å². The van der Waals surface area contributed by atoms with Gasteiger partial charge in [-0.15, -0.1) is 13.2 Å². The maximum atomic E-state index is 12.0. The number of aliphatic carboxylic acids is 1. The lowest BCUT2D eigenvalue weighted by Crippen LogP contribution is -2.26. The first-order valence-electron chi connectivity index (χ1n) is 4.73. The van der Waals surface area contributed by atoms with Gasteiger partial charge in [0.2, 0.25) is 0 Å². The zero-order valence-corrected chi connectivity index (χ0v) is 8.41. The van der Waals surface area contributed by atoms with E-state index in [0.29, 0.717) is 11.3 Å². The van der Waals surface area contributed by atoms with E-state index in [-0.39, 0.29) is 12.2 Å². The van der Waals surface area contributed by atoms with Gasteiger partial charge >= 0.3 is 12.3 Å². The molecule has 2 N–H and O–H groups in total. The number of halogens is 3. The second-order valence-corrected chi connectivity index (χ2v) is 3.61. The molecule has 2 rings (SSSR count). The van der Waals surface area contributed by atoms with Crippen molar-refractivity contribution >= 4 is 11.7 Å². The highest BCUT2D eigenvalue weighted by Crippen LogP contribution is 2.31. The SMILES string of the molecule is O=C(O)C1Cc2cc(OC(F)(F)F)ccc2N1. The maximum Gasteiger partial charge on any atom is 0.573 e. The van der Waals surface area contributed by atoms with E-state index in [0.717, 1.165) is 6.07 Å². The molecule has 0 bridgehead atoms. The molecule has 0 spiro atoms. The molecule has 17 heavy (non-hydrogen) atoms. The molecule has 1 aromatic rings. The van der Waals surface area contributed by atoms with Crippen molar-refractivity contribution in [2.45, 2.75) is 18.8 Å². The van der Waals surface area contributed by atoms with Crippen molar-refractivity contribution in [1.82, 2.24) is 0 Å². The van der Waals surface area contributed by atoms with Crippen LogP contribution in [0.5, 0.6) is 5.75 Å². The molecular weight excluding hydrogens is 239 g/mol. The summed E-state index contributed by atoms with van der Waals surface area (Å²) >= 11 is 0.